The SMILES string of the molecule is CCC(c1ccccc1C(C)(C)C)c1cc(C(C)(C)C)cc(C(C)(C)C)c1C(C)(C)C. The first-order chi connectivity index (χ1) is 13.9. The molecule has 0 aliphatic rings. The van der Waals surface area contributed by atoms with Crippen LogP contribution in [-0.4, -0.2) is 0 Å². The van der Waals surface area contributed by atoms with Crippen molar-refractivity contribution in [2.75, 3.05) is 0 Å². The maximum Gasteiger partial charge on any atom is 0.00928 e. The maximum absolute atomic E-state index is 2.55. The molecule has 0 bridgehead atoms. The Balaban J connectivity index is 3.01. The summed E-state index contributed by atoms with van der Waals surface area (Å²) in [7, 11) is 0. The molecule has 31 heavy (non-hydrogen) atoms. The van der Waals surface area contributed by atoms with Crippen LogP contribution in [0.5, 0.6) is 0 Å². The molecule has 0 fully saturated rings. The average molecular weight is 421 g/mol. The van der Waals surface area contributed by atoms with E-state index in [1.807, 2.05) is 0 Å². The summed E-state index contributed by atoms with van der Waals surface area (Å²) in [5.41, 5.74) is 9.43. The lowest BCUT2D eigenvalue weighted by Crippen LogP contribution is -2.27. The lowest BCUT2D eigenvalue weighted by molar-refractivity contribution is 0.511. The van der Waals surface area contributed by atoms with Crippen LogP contribution in [0, 0.1) is 0 Å². The molecule has 0 aromatic heterocycles. The highest BCUT2D eigenvalue weighted by molar-refractivity contribution is 5.53. The molecule has 0 aliphatic carbocycles. The van der Waals surface area contributed by atoms with Gasteiger partial charge in [-0.15, -0.1) is 0 Å². The smallest absolute Gasteiger partial charge is 0.00928 e. The van der Waals surface area contributed by atoms with Crippen LogP contribution >= 0.6 is 0 Å². The van der Waals surface area contributed by atoms with Gasteiger partial charge in [0.15, 0.2) is 0 Å². The standard InChI is InChI=1S/C31H48/c1-14-22(23-17-15-16-18-25(23)29(5,6)7)24-19-21(28(2,3)4)20-26(30(8,9)10)27(24)31(11,12)13/h15-20,22H,14H2,1-13H3. The van der Waals surface area contributed by atoms with Crippen molar-refractivity contribution >= 4 is 0 Å². The summed E-state index contributed by atoms with van der Waals surface area (Å²) in [6, 6.07) is 14.2. The monoisotopic (exact) mass is 420 g/mol. The van der Waals surface area contributed by atoms with Gasteiger partial charge in [0, 0.05) is 5.92 Å². The number of hydrogen-bond acceptors (Lipinski definition) is 0. The minimum Gasteiger partial charge on any atom is -0.0645 e. The van der Waals surface area contributed by atoms with Crippen molar-refractivity contribution in [3.05, 3.63) is 69.8 Å². The number of hydrogen-bond donors (Lipinski definition) is 0. The van der Waals surface area contributed by atoms with Gasteiger partial charge >= 0.3 is 0 Å². The van der Waals surface area contributed by atoms with Crippen LogP contribution in [-0.2, 0) is 21.7 Å². The Labute approximate surface area is 193 Å². The van der Waals surface area contributed by atoms with Crippen LogP contribution in [0.3, 0.4) is 0 Å². The molecule has 0 saturated carbocycles. The highest BCUT2D eigenvalue weighted by Gasteiger charge is 2.33. The van der Waals surface area contributed by atoms with E-state index in [1.54, 1.807) is 5.56 Å². The summed E-state index contributed by atoms with van der Waals surface area (Å²) in [6.07, 6.45) is 1.10. The third-order valence-electron chi connectivity index (χ3n) is 6.52. The Hall–Kier alpha value is -1.56. The average Bonchev–Trinajstić information content (AvgIpc) is 2.59. The van der Waals surface area contributed by atoms with Crippen molar-refractivity contribution < 1.29 is 0 Å². The van der Waals surface area contributed by atoms with Crippen molar-refractivity contribution in [3.8, 4) is 0 Å². The van der Waals surface area contributed by atoms with E-state index in [9.17, 15) is 0 Å². The highest BCUT2D eigenvalue weighted by Crippen LogP contribution is 2.45. The molecule has 2 aromatic carbocycles. The van der Waals surface area contributed by atoms with Crippen molar-refractivity contribution in [2.45, 2.75) is 124 Å². The van der Waals surface area contributed by atoms with Gasteiger partial charge < -0.3 is 0 Å². The molecule has 0 amide bonds. The summed E-state index contributed by atoms with van der Waals surface area (Å²) in [6.45, 7) is 30.7. The molecule has 1 unspecified atom stereocenters. The van der Waals surface area contributed by atoms with Crippen LogP contribution in [0.25, 0.3) is 0 Å². The molecule has 1 atom stereocenters. The fraction of sp³-hybridized carbons (Fsp3) is 0.613. The Kier molecular flexibility index (Phi) is 6.98. The van der Waals surface area contributed by atoms with Crippen LogP contribution in [0.4, 0.5) is 0 Å². The van der Waals surface area contributed by atoms with E-state index in [0.717, 1.165) is 6.42 Å². The predicted molar refractivity (Wildman–Crippen MR) is 140 cm³/mol. The normalized spacial score (nSPS) is 14.6. The summed E-state index contributed by atoms with van der Waals surface area (Å²) in [5.74, 6) is 0.396. The first kappa shape index (κ1) is 25.7. The first-order valence-corrected chi connectivity index (χ1v) is 12.2. The first-order valence-electron chi connectivity index (χ1n) is 12.2. The second-order valence-corrected chi connectivity index (χ2v) is 13.5. The van der Waals surface area contributed by atoms with Crippen molar-refractivity contribution in [2.24, 2.45) is 0 Å². The summed E-state index contributed by atoms with van der Waals surface area (Å²) < 4.78 is 0. The Bertz CT molecular complexity index is 899. The minimum atomic E-state index is 0.0818. The Morgan fingerprint density at radius 2 is 1.10 bits per heavy atom. The zero-order valence-electron chi connectivity index (χ0n) is 22.7. The molecule has 0 heteroatoms. The van der Waals surface area contributed by atoms with Crippen LogP contribution < -0.4 is 0 Å². The zero-order chi connectivity index (χ0) is 24.0. The van der Waals surface area contributed by atoms with E-state index < -0.39 is 0 Å². The van der Waals surface area contributed by atoms with E-state index >= 15 is 0 Å². The Morgan fingerprint density at radius 1 is 0.581 bits per heavy atom. The molecule has 0 nitrogen and oxygen atoms in total. The van der Waals surface area contributed by atoms with Gasteiger partial charge in [-0.25, -0.2) is 0 Å². The molecule has 0 heterocycles. The second-order valence-electron chi connectivity index (χ2n) is 13.5. The number of benzene rings is 2. The topological polar surface area (TPSA) is 0 Å². The highest BCUT2D eigenvalue weighted by atomic mass is 14.4. The summed E-state index contributed by atoms with van der Waals surface area (Å²) >= 11 is 0. The molecular weight excluding hydrogens is 372 g/mol. The van der Waals surface area contributed by atoms with Crippen molar-refractivity contribution in [1.82, 2.24) is 0 Å². The third-order valence-corrected chi connectivity index (χ3v) is 6.52. The number of rotatable bonds is 3. The fourth-order valence-electron chi connectivity index (χ4n) is 4.89. The molecule has 0 spiro atoms. The van der Waals surface area contributed by atoms with Gasteiger partial charge in [0.1, 0.15) is 0 Å². The fourth-order valence-corrected chi connectivity index (χ4v) is 4.89. The lowest BCUT2D eigenvalue weighted by Gasteiger charge is -2.38. The largest absolute Gasteiger partial charge is 0.0645 e. The van der Waals surface area contributed by atoms with Gasteiger partial charge in [-0.05, 0) is 61.5 Å². The third kappa shape index (κ3) is 5.63. The molecule has 0 N–H and O–H groups in total. The van der Waals surface area contributed by atoms with Crippen molar-refractivity contribution in [1.29, 1.82) is 0 Å². The van der Waals surface area contributed by atoms with Gasteiger partial charge in [0.2, 0.25) is 0 Å². The van der Waals surface area contributed by atoms with Gasteiger partial charge in [-0.1, -0.05) is 126 Å². The van der Waals surface area contributed by atoms with E-state index in [2.05, 4.69) is 126 Å². The Morgan fingerprint density at radius 3 is 1.52 bits per heavy atom. The van der Waals surface area contributed by atoms with Gasteiger partial charge in [0.05, 0.1) is 0 Å². The maximum atomic E-state index is 2.55. The molecular formula is C31H48. The molecule has 0 radical (unpaired) electrons. The van der Waals surface area contributed by atoms with Gasteiger partial charge in [-0.3, -0.25) is 0 Å². The molecule has 0 saturated heterocycles. The van der Waals surface area contributed by atoms with E-state index in [1.165, 1.54) is 27.8 Å². The molecule has 172 valence electrons. The minimum absolute atomic E-state index is 0.0818. The van der Waals surface area contributed by atoms with Gasteiger partial charge in [0.25, 0.3) is 0 Å². The quantitative estimate of drug-likeness (QED) is 0.464. The lowest BCUT2D eigenvalue weighted by atomic mass is 9.67. The predicted octanol–water partition coefficient (Wildman–Crippen LogP) is 9.42. The molecule has 2 aromatic rings. The van der Waals surface area contributed by atoms with E-state index in [-0.39, 0.29) is 21.7 Å². The summed E-state index contributed by atoms with van der Waals surface area (Å²) in [5, 5.41) is 0. The summed E-state index contributed by atoms with van der Waals surface area (Å²) in [4.78, 5) is 0. The van der Waals surface area contributed by atoms with Crippen molar-refractivity contribution in [3.63, 3.8) is 0 Å². The zero-order valence-corrected chi connectivity index (χ0v) is 22.7. The van der Waals surface area contributed by atoms with Crippen LogP contribution in [0.2, 0.25) is 0 Å². The second kappa shape index (κ2) is 8.42. The van der Waals surface area contributed by atoms with Gasteiger partial charge in [-0.2, -0.15) is 0 Å². The van der Waals surface area contributed by atoms with E-state index in [0.29, 0.717) is 5.92 Å². The van der Waals surface area contributed by atoms with Crippen LogP contribution in [0.15, 0.2) is 36.4 Å². The van der Waals surface area contributed by atoms with E-state index in [4.69, 9.17) is 0 Å². The molecule has 2 rings (SSSR count). The van der Waals surface area contributed by atoms with Crippen LogP contribution in [0.1, 0.15) is 136 Å². The molecule has 0 aliphatic heterocycles.